The maximum atomic E-state index is 13.1. The molecule has 3 heterocycles. The lowest BCUT2D eigenvalue weighted by molar-refractivity contribution is -0.138. The monoisotopic (exact) mass is 383 g/mol. The molecule has 3 rings (SSSR count). The minimum Gasteiger partial charge on any atom is -0.342 e. The number of hydrogen-bond donors (Lipinski definition) is 2. The second-order valence-electron chi connectivity index (χ2n) is 7.40. The number of H-pyrrole nitrogens is 1. The predicted octanol–water partition coefficient (Wildman–Crippen LogP) is 0.638. The van der Waals surface area contributed by atoms with Crippen molar-refractivity contribution in [1.82, 2.24) is 24.7 Å². The van der Waals surface area contributed by atoms with Crippen molar-refractivity contribution in [1.29, 1.82) is 0 Å². The molecule has 2 saturated heterocycles. The highest BCUT2D eigenvalue weighted by Gasteiger charge is 2.37. The van der Waals surface area contributed by atoms with E-state index in [1.165, 1.54) is 4.31 Å². The highest BCUT2D eigenvalue weighted by Crippen LogP contribution is 2.28. The Labute approximate surface area is 155 Å². The topological polar surface area (TPSA) is 98.4 Å². The van der Waals surface area contributed by atoms with Crippen LogP contribution in [-0.4, -0.2) is 73.0 Å². The van der Waals surface area contributed by atoms with E-state index in [9.17, 15) is 13.2 Å². The molecule has 2 N–H and O–H groups in total. The number of carbonyl (C=O) groups is 1. The largest absolute Gasteiger partial charge is 0.342 e. The number of sulfonamides is 1. The van der Waals surface area contributed by atoms with Crippen LogP contribution in [0.1, 0.15) is 37.1 Å². The van der Waals surface area contributed by atoms with E-state index in [0.29, 0.717) is 24.4 Å². The van der Waals surface area contributed by atoms with Gasteiger partial charge in [-0.1, -0.05) is 0 Å². The van der Waals surface area contributed by atoms with Crippen LogP contribution in [0.25, 0.3) is 0 Å². The van der Waals surface area contributed by atoms with Crippen LogP contribution in [0.3, 0.4) is 0 Å². The molecule has 1 atom stereocenters. The van der Waals surface area contributed by atoms with Gasteiger partial charge in [-0.05, 0) is 52.6 Å². The first-order chi connectivity index (χ1) is 12.3. The van der Waals surface area contributed by atoms with E-state index in [-0.39, 0.29) is 29.3 Å². The summed E-state index contributed by atoms with van der Waals surface area (Å²) in [4.78, 5) is 15.0. The average molecular weight is 384 g/mol. The molecule has 0 bridgehead atoms. The first kappa shape index (κ1) is 19.3. The summed E-state index contributed by atoms with van der Waals surface area (Å²) in [6, 6.07) is 0.245. The molecule has 1 aromatic heterocycles. The van der Waals surface area contributed by atoms with Gasteiger partial charge in [0.15, 0.2) is 0 Å². The molecule has 0 spiro atoms. The summed E-state index contributed by atoms with van der Waals surface area (Å²) in [6.07, 6.45) is 3.34. The number of carbonyl (C=O) groups excluding carboxylic acids is 1. The van der Waals surface area contributed by atoms with Crippen molar-refractivity contribution in [3.63, 3.8) is 0 Å². The quantitative estimate of drug-likeness (QED) is 0.795. The van der Waals surface area contributed by atoms with Crippen LogP contribution in [-0.2, 0) is 14.8 Å². The van der Waals surface area contributed by atoms with Gasteiger partial charge in [0.25, 0.3) is 0 Å². The molecule has 26 heavy (non-hydrogen) atoms. The minimum absolute atomic E-state index is 0.0671. The number of rotatable bonds is 4. The Morgan fingerprint density at radius 2 is 1.92 bits per heavy atom. The number of aromatic amines is 1. The number of hydrogen-bond acceptors (Lipinski definition) is 5. The van der Waals surface area contributed by atoms with E-state index >= 15 is 0 Å². The maximum Gasteiger partial charge on any atom is 0.246 e. The van der Waals surface area contributed by atoms with Crippen molar-refractivity contribution >= 4 is 15.9 Å². The van der Waals surface area contributed by atoms with E-state index in [2.05, 4.69) is 15.5 Å². The lowest BCUT2D eigenvalue weighted by atomic mass is 9.96. The maximum absolute atomic E-state index is 13.1. The van der Waals surface area contributed by atoms with Crippen LogP contribution in [0.4, 0.5) is 0 Å². The molecule has 2 aliphatic rings. The first-order valence-corrected chi connectivity index (χ1v) is 10.8. The number of nitrogens with zero attached hydrogens (tertiary/aromatic N) is 3. The molecule has 2 aliphatic heterocycles. The molecule has 0 aliphatic carbocycles. The standard InChI is InChI=1S/C17H29N5O3S/c1-12-16(13(2)20-19-12)26(24,25)22-10-4-5-14(11-22)17(23)21(3)15-6-8-18-9-7-15/h14-15,18H,4-11H2,1-3H3,(H,19,20). The van der Waals surface area contributed by atoms with Crippen LogP contribution < -0.4 is 5.32 Å². The van der Waals surface area contributed by atoms with Gasteiger partial charge in [-0.3, -0.25) is 9.89 Å². The second kappa shape index (κ2) is 7.66. The Morgan fingerprint density at radius 3 is 2.54 bits per heavy atom. The van der Waals surface area contributed by atoms with Gasteiger partial charge in [0, 0.05) is 26.2 Å². The third kappa shape index (κ3) is 3.65. The fourth-order valence-corrected chi connectivity index (χ4v) is 5.93. The molecular formula is C17H29N5O3S. The van der Waals surface area contributed by atoms with Crippen molar-refractivity contribution < 1.29 is 13.2 Å². The van der Waals surface area contributed by atoms with E-state index in [0.717, 1.165) is 32.4 Å². The Bertz CT molecular complexity index is 735. The normalized spacial score (nSPS) is 23.1. The lowest BCUT2D eigenvalue weighted by Gasteiger charge is -2.37. The Morgan fingerprint density at radius 1 is 1.23 bits per heavy atom. The summed E-state index contributed by atoms with van der Waals surface area (Å²) in [5.41, 5.74) is 1.02. The highest BCUT2D eigenvalue weighted by atomic mass is 32.2. The van der Waals surface area contributed by atoms with Crippen molar-refractivity contribution in [2.75, 3.05) is 33.2 Å². The average Bonchev–Trinajstić information content (AvgIpc) is 3.00. The first-order valence-electron chi connectivity index (χ1n) is 9.31. The van der Waals surface area contributed by atoms with E-state index in [4.69, 9.17) is 0 Å². The fraction of sp³-hybridized carbons (Fsp3) is 0.765. The summed E-state index contributed by atoms with van der Waals surface area (Å²) in [5.74, 6) is -0.205. The van der Waals surface area contributed by atoms with E-state index < -0.39 is 10.0 Å². The van der Waals surface area contributed by atoms with Crippen LogP contribution in [0.5, 0.6) is 0 Å². The van der Waals surface area contributed by atoms with Crippen molar-refractivity contribution in [2.45, 2.75) is 50.5 Å². The second-order valence-corrected chi connectivity index (χ2v) is 9.27. The molecule has 146 valence electrons. The van der Waals surface area contributed by atoms with Gasteiger partial charge in [0.2, 0.25) is 15.9 Å². The summed E-state index contributed by atoms with van der Waals surface area (Å²) in [5, 5.41) is 10.1. The molecule has 9 heteroatoms. The Hall–Kier alpha value is -1.45. The van der Waals surface area contributed by atoms with Crippen molar-refractivity contribution in [3.05, 3.63) is 11.4 Å². The molecule has 1 unspecified atom stereocenters. The van der Waals surface area contributed by atoms with Gasteiger partial charge in [-0.2, -0.15) is 9.40 Å². The van der Waals surface area contributed by atoms with Gasteiger partial charge in [-0.25, -0.2) is 8.42 Å². The van der Waals surface area contributed by atoms with Crippen molar-refractivity contribution in [3.8, 4) is 0 Å². The molecular weight excluding hydrogens is 354 g/mol. The smallest absolute Gasteiger partial charge is 0.246 e. The van der Waals surface area contributed by atoms with Gasteiger partial charge in [0.05, 0.1) is 17.3 Å². The number of aryl methyl sites for hydroxylation is 2. The summed E-state index contributed by atoms with van der Waals surface area (Å²) < 4.78 is 27.6. The number of piperidine rings is 2. The third-order valence-corrected chi connectivity index (χ3v) is 7.72. The van der Waals surface area contributed by atoms with Gasteiger partial charge in [0.1, 0.15) is 4.90 Å². The predicted molar refractivity (Wildman–Crippen MR) is 98.2 cm³/mol. The minimum atomic E-state index is -3.64. The zero-order valence-electron chi connectivity index (χ0n) is 15.8. The Kier molecular flexibility index (Phi) is 5.69. The van der Waals surface area contributed by atoms with E-state index in [1.54, 1.807) is 13.8 Å². The molecule has 1 aromatic rings. The zero-order valence-corrected chi connectivity index (χ0v) is 16.6. The molecule has 2 fully saturated rings. The molecule has 1 amide bonds. The summed E-state index contributed by atoms with van der Waals surface area (Å²) >= 11 is 0. The summed E-state index contributed by atoms with van der Waals surface area (Å²) in [6.45, 7) is 5.95. The van der Waals surface area contributed by atoms with Crippen LogP contribution >= 0.6 is 0 Å². The van der Waals surface area contributed by atoms with Crippen molar-refractivity contribution in [2.24, 2.45) is 5.92 Å². The van der Waals surface area contributed by atoms with Crippen LogP contribution in [0.2, 0.25) is 0 Å². The number of nitrogens with one attached hydrogen (secondary N) is 2. The van der Waals surface area contributed by atoms with Crippen LogP contribution in [0, 0.1) is 19.8 Å². The molecule has 0 radical (unpaired) electrons. The van der Waals surface area contributed by atoms with Gasteiger partial charge >= 0.3 is 0 Å². The van der Waals surface area contributed by atoms with Gasteiger partial charge < -0.3 is 10.2 Å². The number of aromatic nitrogens is 2. The third-order valence-electron chi connectivity index (χ3n) is 5.60. The zero-order chi connectivity index (χ0) is 18.9. The molecule has 0 aromatic carbocycles. The molecule has 0 saturated carbocycles. The summed E-state index contributed by atoms with van der Waals surface area (Å²) in [7, 11) is -1.78. The fourth-order valence-electron chi connectivity index (χ4n) is 4.07. The molecule has 8 nitrogen and oxygen atoms in total. The SMILES string of the molecule is Cc1n[nH]c(C)c1S(=O)(=O)N1CCCC(C(=O)N(C)C2CCNCC2)C1. The van der Waals surface area contributed by atoms with E-state index in [1.807, 2.05) is 11.9 Å². The Balaban J connectivity index is 1.73. The van der Waals surface area contributed by atoms with Gasteiger partial charge in [-0.15, -0.1) is 0 Å². The highest BCUT2D eigenvalue weighted by molar-refractivity contribution is 7.89. The number of amides is 1. The van der Waals surface area contributed by atoms with Crippen LogP contribution in [0.15, 0.2) is 4.90 Å². The lowest BCUT2D eigenvalue weighted by Crippen LogP contribution is -2.50.